The highest BCUT2D eigenvalue weighted by Crippen LogP contribution is 2.34. The second kappa shape index (κ2) is 18.5. The van der Waals surface area contributed by atoms with Crippen LogP contribution in [0.15, 0.2) is 24.3 Å². The van der Waals surface area contributed by atoms with Crippen LogP contribution in [0.4, 0.5) is 0 Å². The minimum atomic E-state index is -0.533. The topological polar surface area (TPSA) is 37.3 Å². The zero-order chi connectivity index (χ0) is 27.3. The van der Waals surface area contributed by atoms with Crippen LogP contribution in [-0.4, -0.2) is 24.2 Å². The van der Waals surface area contributed by atoms with Gasteiger partial charge in [0.05, 0.1) is 36.2 Å². The summed E-state index contributed by atoms with van der Waals surface area (Å²) in [5.74, 6) is 1.12. The quantitative estimate of drug-likeness (QED) is 0.181. The number of hydrogen-bond donors (Lipinski definition) is 1. The highest BCUT2D eigenvalue weighted by Gasteiger charge is 2.14. The molecule has 0 saturated carbocycles. The predicted molar refractivity (Wildman–Crippen MR) is 161 cm³/mol. The first-order valence-electron chi connectivity index (χ1n) is 11.3. The van der Waals surface area contributed by atoms with Gasteiger partial charge in [-0.25, -0.2) is 0 Å². The van der Waals surface area contributed by atoms with Gasteiger partial charge in [-0.15, -0.1) is 8.58 Å². The Balaban J connectivity index is 0.000000594. The normalized spacial score (nSPS) is 11.5. The summed E-state index contributed by atoms with van der Waals surface area (Å²) >= 11 is 35.2. The van der Waals surface area contributed by atoms with Crippen LogP contribution in [0.5, 0.6) is 0 Å². The fraction of sp³-hybridized carbons (Fsp3) is 0.500. The van der Waals surface area contributed by atoms with Crippen molar-refractivity contribution in [3.8, 4) is 0 Å². The molecule has 35 heavy (non-hydrogen) atoms. The minimum Gasteiger partial charge on any atom is -0.388 e. The summed E-state index contributed by atoms with van der Waals surface area (Å²) in [5.41, 5.74) is 1.25. The third-order valence-electron chi connectivity index (χ3n) is 4.66. The molecule has 2 nitrogen and oxygen atoms in total. The van der Waals surface area contributed by atoms with E-state index in [0.29, 0.717) is 60.4 Å². The lowest BCUT2D eigenvalue weighted by atomic mass is 10.00. The second-order valence-electron chi connectivity index (χ2n) is 8.90. The van der Waals surface area contributed by atoms with Crippen molar-refractivity contribution in [2.75, 3.05) is 13.3 Å². The highest BCUT2D eigenvalue weighted by molar-refractivity contribution is 7.35. The summed E-state index contributed by atoms with van der Waals surface area (Å²) in [4.78, 5) is 11.8. The first-order chi connectivity index (χ1) is 16.2. The average Bonchev–Trinajstić information content (AvgIpc) is 2.78. The molecule has 0 aliphatic heterocycles. The molecule has 198 valence electrons. The van der Waals surface area contributed by atoms with Crippen molar-refractivity contribution in [3.63, 3.8) is 0 Å². The minimum absolute atomic E-state index is 0.0502. The number of rotatable bonds is 8. The van der Waals surface area contributed by atoms with Crippen molar-refractivity contribution in [3.05, 3.63) is 65.5 Å². The Morgan fingerprint density at radius 2 is 1.11 bits per heavy atom. The van der Waals surface area contributed by atoms with Crippen molar-refractivity contribution < 1.29 is 9.90 Å². The molecule has 0 aliphatic carbocycles. The molecule has 1 atom stereocenters. The van der Waals surface area contributed by atoms with Crippen molar-refractivity contribution in [2.45, 2.75) is 59.5 Å². The van der Waals surface area contributed by atoms with Crippen LogP contribution in [-0.2, 0) is 0 Å². The number of Topliss-reactive ketones (excluding diaryl/α,β-unsaturated/α-hetero) is 1. The molecule has 0 radical (unpaired) electrons. The maximum Gasteiger partial charge on any atom is 0.162 e. The number of halogens is 6. The van der Waals surface area contributed by atoms with Crippen LogP contribution in [0.25, 0.3) is 0 Å². The number of benzene rings is 2. The highest BCUT2D eigenvalue weighted by atomic mass is 35.5. The molecule has 0 aromatic heterocycles. The zero-order valence-corrected chi connectivity index (χ0v) is 26.5. The number of aliphatic hydroxyl groups is 1. The standard InChI is InChI=1S/C12H15Cl3O.C12H13Cl3O.C2H7P/c2*1-7(2)3-4-11(16)8-5-9(13)12(15)10(14)6-8;1-3-2/h5-7,11,16H,3-4H2,1-2H3;5-7H,3-4H2,1-2H3;3H,1-2H3. The van der Waals surface area contributed by atoms with Gasteiger partial charge in [-0.05, 0) is 74.3 Å². The van der Waals surface area contributed by atoms with Crippen LogP contribution in [0, 0.1) is 11.8 Å². The molecule has 0 aliphatic rings. The monoisotopic (exact) mass is 620 g/mol. The van der Waals surface area contributed by atoms with Gasteiger partial charge in [0.15, 0.2) is 5.78 Å². The lowest BCUT2D eigenvalue weighted by molar-refractivity contribution is 0.0975. The van der Waals surface area contributed by atoms with Crippen LogP contribution in [0.3, 0.4) is 0 Å². The molecule has 1 N–H and O–H groups in total. The van der Waals surface area contributed by atoms with Gasteiger partial charge in [-0.2, -0.15) is 0 Å². The van der Waals surface area contributed by atoms with Crippen LogP contribution in [0.1, 0.15) is 75.4 Å². The molecule has 1 unspecified atom stereocenters. The van der Waals surface area contributed by atoms with Gasteiger partial charge in [-0.3, -0.25) is 4.79 Å². The summed E-state index contributed by atoms with van der Waals surface area (Å²) < 4.78 is 0. The number of carbonyl (C=O) groups excluding carboxylic acids is 1. The van der Waals surface area contributed by atoms with E-state index in [1.54, 1.807) is 24.3 Å². The summed E-state index contributed by atoms with van der Waals surface area (Å²) in [6, 6.07) is 6.47. The van der Waals surface area contributed by atoms with E-state index in [0.717, 1.165) is 27.0 Å². The van der Waals surface area contributed by atoms with E-state index in [9.17, 15) is 9.90 Å². The van der Waals surface area contributed by atoms with Gasteiger partial charge in [-0.1, -0.05) is 97.3 Å². The molecular formula is C26H35Cl6O2P. The Bertz CT molecular complexity index is 888. The first kappa shape index (κ1) is 35.2. The number of aliphatic hydroxyl groups excluding tert-OH is 1. The van der Waals surface area contributed by atoms with Gasteiger partial charge < -0.3 is 5.11 Å². The van der Waals surface area contributed by atoms with Gasteiger partial charge >= 0.3 is 0 Å². The molecule has 0 bridgehead atoms. The number of hydrogen-bond acceptors (Lipinski definition) is 2. The van der Waals surface area contributed by atoms with Crippen molar-refractivity contribution in [2.24, 2.45) is 11.8 Å². The van der Waals surface area contributed by atoms with E-state index in [1.165, 1.54) is 0 Å². The van der Waals surface area contributed by atoms with E-state index >= 15 is 0 Å². The Hall–Kier alpha value is 0.240. The van der Waals surface area contributed by atoms with E-state index in [4.69, 9.17) is 69.6 Å². The molecule has 0 spiro atoms. The van der Waals surface area contributed by atoms with E-state index in [-0.39, 0.29) is 5.78 Å². The van der Waals surface area contributed by atoms with Crippen LogP contribution >= 0.6 is 78.2 Å². The largest absolute Gasteiger partial charge is 0.388 e. The number of ketones is 1. The summed E-state index contributed by atoms with van der Waals surface area (Å²) in [6.45, 7) is 12.7. The number of carbonyl (C=O) groups is 1. The summed E-state index contributed by atoms with van der Waals surface area (Å²) in [5, 5.41) is 12.0. The fourth-order valence-electron chi connectivity index (χ4n) is 2.71. The molecule has 0 saturated heterocycles. The van der Waals surface area contributed by atoms with Crippen molar-refractivity contribution >= 4 is 84.0 Å². The maximum atomic E-state index is 11.8. The van der Waals surface area contributed by atoms with Gasteiger partial charge in [0, 0.05) is 12.0 Å². The van der Waals surface area contributed by atoms with Crippen LogP contribution < -0.4 is 0 Å². The van der Waals surface area contributed by atoms with Gasteiger partial charge in [0.1, 0.15) is 0 Å². The molecular weight excluding hydrogens is 588 g/mol. The van der Waals surface area contributed by atoms with E-state index < -0.39 is 6.10 Å². The molecule has 9 heteroatoms. The summed E-state index contributed by atoms with van der Waals surface area (Å²) in [6.07, 6.45) is 2.49. The van der Waals surface area contributed by atoms with Crippen molar-refractivity contribution in [1.29, 1.82) is 0 Å². The second-order valence-corrected chi connectivity index (χ2v) is 12.3. The SMILES string of the molecule is CC(C)CCC(=O)c1cc(Cl)c(Cl)c(Cl)c1.CC(C)CCC(O)c1cc(Cl)c(Cl)c(Cl)c1.CPC. The smallest absolute Gasteiger partial charge is 0.162 e. The van der Waals surface area contributed by atoms with Gasteiger partial charge in [0.25, 0.3) is 0 Å². The van der Waals surface area contributed by atoms with Gasteiger partial charge in [0.2, 0.25) is 0 Å². The predicted octanol–water partition coefficient (Wildman–Crippen LogP) is 11.3. The Labute approximate surface area is 242 Å². The molecule has 0 fully saturated rings. The average molecular weight is 623 g/mol. The first-order valence-corrected chi connectivity index (χ1v) is 15.6. The van der Waals surface area contributed by atoms with Crippen LogP contribution in [0.2, 0.25) is 30.1 Å². The van der Waals surface area contributed by atoms with E-state index in [2.05, 4.69) is 41.0 Å². The zero-order valence-electron chi connectivity index (χ0n) is 21.0. The molecule has 2 aromatic rings. The third kappa shape index (κ3) is 14.1. The Morgan fingerprint density at radius 1 is 0.743 bits per heavy atom. The van der Waals surface area contributed by atoms with Crippen molar-refractivity contribution in [1.82, 2.24) is 0 Å². The van der Waals surface area contributed by atoms with E-state index in [1.807, 2.05) is 0 Å². The fourth-order valence-corrected chi connectivity index (χ4v) is 3.92. The molecule has 0 heterocycles. The molecule has 0 amide bonds. The molecule has 2 rings (SSSR count). The Kier molecular flexibility index (Phi) is 18.6. The maximum absolute atomic E-state index is 11.8. The Morgan fingerprint density at radius 3 is 1.49 bits per heavy atom. The molecule has 2 aromatic carbocycles. The lowest BCUT2D eigenvalue weighted by Crippen LogP contribution is -2.01. The lowest BCUT2D eigenvalue weighted by Gasteiger charge is -2.14. The third-order valence-corrected chi connectivity index (χ3v) is 7.06. The summed E-state index contributed by atoms with van der Waals surface area (Å²) in [7, 11) is 1.08.